The molecule has 5 rings (SSSR count). The Morgan fingerprint density at radius 1 is 1.15 bits per heavy atom. The van der Waals surface area contributed by atoms with E-state index in [1.165, 1.54) is 12.4 Å². The predicted molar refractivity (Wildman–Crippen MR) is 118 cm³/mol. The number of fused-ring (bicyclic) bond motifs is 1. The van der Waals surface area contributed by atoms with Crippen LogP contribution in [-0.2, 0) is 10.8 Å². The molecule has 178 valence electrons. The van der Waals surface area contributed by atoms with Crippen molar-refractivity contribution in [1.82, 2.24) is 19.9 Å². The van der Waals surface area contributed by atoms with E-state index in [4.69, 9.17) is 4.98 Å². The number of hydrogen-bond acceptors (Lipinski definition) is 9. The van der Waals surface area contributed by atoms with Gasteiger partial charge in [0.25, 0.3) is 0 Å². The average Bonchev–Trinajstić information content (AvgIpc) is 3.09. The minimum Gasteiger partial charge on any atom is -0.394 e. The Labute approximate surface area is 195 Å². The second-order valence-corrected chi connectivity index (χ2v) is 11.1. The third-order valence-corrected chi connectivity index (χ3v) is 8.60. The molecular formula is C20H23F3N6O2S2. The lowest BCUT2D eigenvalue weighted by Crippen LogP contribution is -2.56. The highest BCUT2D eigenvalue weighted by molar-refractivity contribution is 8.00. The quantitative estimate of drug-likeness (QED) is 0.622. The van der Waals surface area contributed by atoms with Crippen LogP contribution < -0.4 is 9.80 Å². The smallest absolute Gasteiger partial charge is 0.394 e. The fourth-order valence-electron chi connectivity index (χ4n) is 4.63. The average molecular weight is 501 g/mol. The zero-order chi connectivity index (χ0) is 23.2. The molecule has 1 atom stereocenters. The van der Waals surface area contributed by atoms with Crippen LogP contribution in [0.4, 0.5) is 24.9 Å². The molecule has 2 aromatic heterocycles. The maximum Gasteiger partial charge on any atom is 0.446 e. The summed E-state index contributed by atoms with van der Waals surface area (Å²) in [7, 11) is -1.21. The number of alkyl halides is 3. The van der Waals surface area contributed by atoms with Gasteiger partial charge in [-0.1, -0.05) is 0 Å². The predicted octanol–water partition coefficient (Wildman–Crippen LogP) is 3.06. The molecule has 2 fully saturated rings. The number of piperidine rings is 1. The van der Waals surface area contributed by atoms with Crippen molar-refractivity contribution in [3.8, 4) is 0 Å². The number of aromatic nitrogens is 4. The molecule has 33 heavy (non-hydrogen) atoms. The molecule has 0 amide bonds. The maximum atomic E-state index is 12.6. The minimum atomic E-state index is -4.36. The van der Waals surface area contributed by atoms with Gasteiger partial charge in [-0.25, -0.2) is 15.0 Å². The molecule has 1 saturated carbocycles. The van der Waals surface area contributed by atoms with Gasteiger partial charge in [0.1, 0.15) is 16.6 Å². The van der Waals surface area contributed by atoms with E-state index >= 15 is 0 Å². The van der Waals surface area contributed by atoms with E-state index < -0.39 is 16.3 Å². The third kappa shape index (κ3) is 4.42. The van der Waals surface area contributed by atoms with E-state index in [9.17, 15) is 22.5 Å². The summed E-state index contributed by atoms with van der Waals surface area (Å²) in [4.78, 5) is 22.1. The molecule has 13 heteroatoms. The molecule has 1 saturated heterocycles. The van der Waals surface area contributed by atoms with Gasteiger partial charge in [-0.15, -0.1) is 0 Å². The molecule has 0 radical (unpaired) electrons. The molecule has 8 nitrogen and oxygen atoms in total. The van der Waals surface area contributed by atoms with Crippen LogP contribution in [0.15, 0.2) is 28.4 Å². The van der Waals surface area contributed by atoms with Crippen LogP contribution in [0.25, 0.3) is 0 Å². The van der Waals surface area contributed by atoms with Gasteiger partial charge in [-0.05, 0) is 43.9 Å². The van der Waals surface area contributed by atoms with Gasteiger partial charge in [-0.3, -0.25) is 4.21 Å². The lowest BCUT2D eigenvalue weighted by molar-refractivity contribution is -0.0328. The highest BCUT2D eigenvalue weighted by atomic mass is 32.2. The number of nitrogens with zero attached hydrogens (tertiary/aromatic N) is 6. The van der Waals surface area contributed by atoms with E-state index in [2.05, 4.69) is 19.9 Å². The first-order valence-electron chi connectivity index (χ1n) is 10.7. The van der Waals surface area contributed by atoms with Gasteiger partial charge in [-0.2, -0.15) is 18.2 Å². The Morgan fingerprint density at radius 3 is 2.42 bits per heavy atom. The normalized spacial score (nSPS) is 22.8. The molecule has 2 aromatic rings. The Balaban J connectivity index is 1.27. The van der Waals surface area contributed by atoms with Crippen LogP contribution in [0.2, 0.25) is 0 Å². The van der Waals surface area contributed by atoms with Gasteiger partial charge in [0.05, 0.1) is 34.0 Å². The van der Waals surface area contributed by atoms with E-state index in [1.807, 2.05) is 4.90 Å². The molecule has 0 bridgehead atoms. The largest absolute Gasteiger partial charge is 0.446 e. The van der Waals surface area contributed by atoms with Gasteiger partial charge in [0.2, 0.25) is 5.95 Å². The standard InChI is InChI=1S/C20H23F3N6O2S2/c21-20(22,23)32-14-8-24-16(25-9-14)13-2-6-28(7-3-13)18-26-10-15-17(27-18)29(12-33(15)31)19(11-30)4-1-5-19/h8-10,13,30H,1-7,11-12H2/t33-/m0/s1. The first-order valence-corrected chi connectivity index (χ1v) is 12.9. The van der Waals surface area contributed by atoms with Crippen molar-refractivity contribution in [1.29, 1.82) is 0 Å². The fourth-order valence-corrected chi connectivity index (χ4v) is 6.41. The summed E-state index contributed by atoms with van der Waals surface area (Å²) in [6.45, 7) is 1.31. The number of aliphatic hydroxyl groups is 1. The van der Waals surface area contributed by atoms with Crippen LogP contribution in [0.5, 0.6) is 0 Å². The number of rotatable bonds is 5. The highest BCUT2D eigenvalue weighted by Gasteiger charge is 2.47. The molecule has 4 heterocycles. The number of hydrogen-bond donors (Lipinski definition) is 1. The van der Waals surface area contributed by atoms with Crippen LogP contribution in [0.3, 0.4) is 0 Å². The van der Waals surface area contributed by atoms with Gasteiger partial charge in [0, 0.05) is 31.4 Å². The van der Waals surface area contributed by atoms with Crippen LogP contribution >= 0.6 is 11.8 Å². The van der Waals surface area contributed by atoms with Gasteiger partial charge in [0.15, 0.2) is 5.82 Å². The minimum absolute atomic E-state index is 0.00857. The summed E-state index contributed by atoms with van der Waals surface area (Å²) < 4.78 is 50.1. The van der Waals surface area contributed by atoms with Crippen LogP contribution in [-0.4, -0.2) is 65.9 Å². The second-order valence-electron chi connectivity index (χ2n) is 8.58. The summed E-state index contributed by atoms with van der Waals surface area (Å²) in [5.41, 5.74) is -4.74. The van der Waals surface area contributed by atoms with Crippen molar-refractivity contribution < 1.29 is 22.5 Å². The fraction of sp³-hybridized carbons (Fsp3) is 0.600. The molecule has 2 aliphatic heterocycles. The molecule has 0 spiro atoms. The first-order chi connectivity index (χ1) is 15.8. The van der Waals surface area contributed by atoms with E-state index in [1.54, 1.807) is 6.20 Å². The molecule has 1 N–H and O–H groups in total. The Kier molecular flexibility index (Phi) is 5.98. The second kappa shape index (κ2) is 8.66. The van der Waals surface area contributed by atoms with Crippen molar-refractivity contribution >= 4 is 34.3 Å². The zero-order valence-corrected chi connectivity index (χ0v) is 19.3. The lowest BCUT2D eigenvalue weighted by Gasteiger charge is -2.47. The molecule has 0 aromatic carbocycles. The Morgan fingerprint density at radius 2 is 1.85 bits per heavy atom. The van der Waals surface area contributed by atoms with Crippen molar-refractivity contribution in [2.45, 2.75) is 58.9 Å². The monoisotopic (exact) mass is 500 g/mol. The number of halogens is 3. The lowest BCUT2D eigenvalue weighted by atomic mass is 9.76. The summed E-state index contributed by atoms with van der Waals surface area (Å²) in [6.07, 6.45) is 8.26. The number of aliphatic hydroxyl groups excluding tert-OH is 1. The number of anilines is 2. The summed E-state index contributed by atoms with van der Waals surface area (Å²) >= 11 is -0.218. The molecular weight excluding hydrogens is 477 g/mol. The van der Waals surface area contributed by atoms with E-state index in [0.29, 0.717) is 41.5 Å². The third-order valence-electron chi connectivity index (χ3n) is 6.65. The molecule has 3 aliphatic rings. The molecule has 1 aliphatic carbocycles. The Bertz CT molecular complexity index is 1040. The van der Waals surface area contributed by atoms with Crippen molar-refractivity contribution in [2.24, 2.45) is 0 Å². The van der Waals surface area contributed by atoms with Gasteiger partial charge < -0.3 is 14.9 Å². The summed E-state index contributed by atoms with van der Waals surface area (Å²) in [5, 5.41) is 9.97. The highest BCUT2D eigenvalue weighted by Crippen LogP contribution is 2.45. The van der Waals surface area contributed by atoms with Crippen molar-refractivity contribution in [2.75, 3.05) is 35.4 Å². The Hall–Kier alpha value is -1.99. The maximum absolute atomic E-state index is 12.6. The van der Waals surface area contributed by atoms with Crippen molar-refractivity contribution in [3.05, 3.63) is 24.4 Å². The summed E-state index contributed by atoms with van der Waals surface area (Å²) in [6, 6.07) is 0. The topological polar surface area (TPSA) is 95.3 Å². The van der Waals surface area contributed by atoms with E-state index in [-0.39, 0.29) is 34.7 Å². The van der Waals surface area contributed by atoms with E-state index in [0.717, 1.165) is 32.1 Å². The SMILES string of the molecule is O=[S@]1CN(C2(CO)CCC2)c2nc(N3CCC(c4ncc(SC(F)(F)F)cn4)CC3)ncc21. The van der Waals surface area contributed by atoms with Crippen LogP contribution in [0.1, 0.15) is 43.8 Å². The van der Waals surface area contributed by atoms with Crippen LogP contribution in [0, 0.1) is 0 Å². The zero-order valence-electron chi connectivity index (χ0n) is 17.7. The number of thioether (sulfide) groups is 1. The molecule has 0 unspecified atom stereocenters. The first kappa shape index (κ1) is 22.8. The van der Waals surface area contributed by atoms with Gasteiger partial charge >= 0.3 is 5.51 Å². The summed E-state index contributed by atoms with van der Waals surface area (Å²) in [5.74, 6) is 2.14. The van der Waals surface area contributed by atoms with Crippen molar-refractivity contribution in [3.63, 3.8) is 0 Å².